The molecule has 1 heterocycles. The van der Waals surface area contributed by atoms with Crippen LogP contribution in [0.15, 0.2) is 53.4 Å². The standard InChI is InChI=1S/C25H30FN3O5S/c1-34-21-12-4-17(5-13-21)24(30)27-19-8-10-20(11-9-19)28-25(31)23-3-2-16-29(23)35(32,33)22-14-6-18(26)7-15-22/h4-7,12-15,19-20,23H,2-3,8-11,16H2,1H3,(H,27,30)(H,28,31)/t19?,20?,23-/m0/s1. The predicted molar refractivity (Wildman–Crippen MR) is 128 cm³/mol. The van der Waals surface area contributed by atoms with Crippen LogP contribution in [-0.4, -0.2) is 56.3 Å². The molecule has 0 radical (unpaired) electrons. The minimum atomic E-state index is -3.89. The van der Waals surface area contributed by atoms with Gasteiger partial charge in [-0.25, -0.2) is 12.8 Å². The molecule has 0 spiro atoms. The Bertz CT molecular complexity index is 1150. The van der Waals surface area contributed by atoms with Crippen molar-refractivity contribution < 1.29 is 27.1 Å². The molecular formula is C25H30FN3O5S. The van der Waals surface area contributed by atoms with Crippen molar-refractivity contribution in [1.82, 2.24) is 14.9 Å². The van der Waals surface area contributed by atoms with Crippen molar-refractivity contribution >= 4 is 21.8 Å². The van der Waals surface area contributed by atoms with Crippen molar-refractivity contribution in [2.45, 2.75) is 61.5 Å². The molecule has 2 aliphatic rings. The summed E-state index contributed by atoms with van der Waals surface area (Å²) in [4.78, 5) is 25.5. The van der Waals surface area contributed by atoms with Crippen LogP contribution in [0.25, 0.3) is 0 Å². The molecule has 1 aliphatic carbocycles. The summed E-state index contributed by atoms with van der Waals surface area (Å²) in [7, 11) is -2.32. The largest absolute Gasteiger partial charge is 0.497 e. The summed E-state index contributed by atoms with van der Waals surface area (Å²) in [5.41, 5.74) is 0.560. The molecule has 0 unspecified atom stereocenters. The molecule has 35 heavy (non-hydrogen) atoms. The minimum absolute atomic E-state index is 0.0135. The highest BCUT2D eigenvalue weighted by Gasteiger charge is 2.40. The van der Waals surface area contributed by atoms with Gasteiger partial charge in [0.05, 0.1) is 12.0 Å². The van der Waals surface area contributed by atoms with Gasteiger partial charge >= 0.3 is 0 Å². The van der Waals surface area contributed by atoms with Crippen LogP contribution in [-0.2, 0) is 14.8 Å². The summed E-state index contributed by atoms with van der Waals surface area (Å²) < 4.78 is 45.6. The second-order valence-corrected chi connectivity index (χ2v) is 10.9. The summed E-state index contributed by atoms with van der Waals surface area (Å²) in [6, 6.07) is 10.7. The number of nitrogens with one attached hydrogen (secondary N) is 2. The lowest BCUT2D eigenvalue weighted by molar-refractivity contribution is -0.125. The molecule has 188 valence electrons. The van der Waals surface area contributed by atoms with Gasteiger partial charge in [-0.15, -0.1) is 0 Å². The number of rotatable bonds is 7. The van der Waals surface area contributed by atoms with Crippen molar-refractivity contribution in [3.63, 3.8) is 0 Å². The highest BCUT2D eigenvalue weighted by molar-refractivity contribution is 7.89. The zero-order valence-electron chi connectivity index (χ0n) is 19.6. The number of ether oxygens (including phenoxy) is 1. The summed E-state index contributed by atoms with van der Waals surface area (Å²) >= 11 is 0. The first-order chi connectivity index (χ1) is 16.8. The van der Waals surface area contributed by atoms with E-state index in [1.165, 1.54) is 16.4 Å². The molecule has 1 saturated carbocycles. The van der Waals surface area contributed by atoms with E-state index in [0.717, 1.165) is 25.0 Å². The monoisotopic (exact) mass is 503 g/mol. The molecule has 2 amide bonds. The van der Waals surface area contributed by atoms with Gasteiger partial charge in [0.2, 0.25) is 15.9 Å². The van der Waals surface area contributed by atoms with E-state index in [0.29, 0.717) is 37.0 Å². The van der Waals surface area contributed by atoms with E-state index in [9.17, 15) is 22.4 Å². The molecule has 2 N–H and O–H groups in total. The van der Waals surface area contributed by atoms with Crippen molar-refractivity contribution in [3.05, 3.63) is 59.9 Å². The Labute approximate surface area is 204 Å². The van der Waals surface area contributed by atoms with E-state index in [-0.39, 0.29) is 35.3 Å². The van der Waals surface area contributed by atoms with Gasteiger partial charge in [-0.3, -0.25) is 9.59 Å². The molecule has 1 atom stereocenters. The smallest absolute Gasteiger partial charge is 0.251 e. The molecule has 1 aliphatic heterocycles. The molecule has 0 bridgehead atoms. The number of carbonyl (C=O) groups is 2. The number of hydrogen-bond donors (Lipinski definition) is 2. The number of methoxy groups -OCH3 is 1. The van der Waals surface area contributed by atoms with Crippen molar-refractivity contribution in [1.29, 1.82) is 0 Å². The second kappa shape index (κ2) is 10.7. The SMILES string of the molecule is COc1ccc(C(=O)NC2CCC(NC(=O)[C@@H]3CCCN3S(=O)(=O)c3ccc(F)cc3)CC2)cc1. The van der Waals surface area contributed by atoms with Gasteiger partial charge < -0.3 is 15.4 Å². The first-order valence-corrected chi connectivity index (χ1v) is 13.2. The Balaban J connectivity index is 1.29. The Morgan fingerprint density at radius 3 is 2.11 bits per heavy atom. The van der Waals surface area contributed by atoms with Crippen LogP contribution in [0.3, 0.4) is 0 Å². The van der Waals surface area contributed by atoms with Crippen molar-refractivity contribution in [2.75, 3.05) is 13.7 Å². The van der Waals surface area contributed by atoms with Crippen LogP contribution >= 0.6 is 0 Å². The number of nitrogens with zero attached hydrogens (tertiary/aromatic N) is 1. The summed E-state index contributed by atoms with van der Waals surface area (Å²) in [6.45, 7) is 0.252. The minimum Gasteiger partial charge on any atom is -0.497 e. The molecule has 10 heteroatoms. The van der Waals surface area contributed by atoms with Crippen LogP contribution in [0.1, 0.15) is 48.9 Å². The number of sulfonamides is 1. The third kappa shape index (κ3) is 5.82. The number of halogens is 1. The van der Waals surface area contributed by atoms with Gasteiger partial charge in [-0.05, 0) is 87.1 Å². The number of amides is 2. The summed E-state index contributed by atoms with van der Waals surface area (Å²) in [5, 5.41) is 6.05. The Morgan fingerprint density at radius 2 is 1.51 bits per heavy atom. The molecule has 2 fully saturated rings. The van der Waals surface area contributed by atoms with E-state index in [1.807, 2.05) is 0 Å². The number of benzene rings is 2. The fourth-order valence-corrected chi connectivity index (χ4v) is 6.38. The van der Waals surface area contributed by atoms with Crippen LogP contribution < -0.4 is 15.4 Å². The predicted octanol–water partition coefficient (Wildman–Crippen LogP) is 2.84. The average molecular weight is 504 g/mol. The van der Waals surface area contributed by atoms with Crippen LogP contribution in [0.5, 0.6) is 5.75 Å². The lowest BCUT2D eigenvalue weighted by Gasteiger charge is -2.31. The second-order valence-electron chi connectivity index (χ2n) is 8.99. The molecular weight excluding hydrogens is 473 g/mol. The van der Waals surface area contributed by atoms with E-state index < -0.39 is 21.9 Å². The highest BCUT2D eigenvalue weighted by atomic mass is 32.2. The van der Waals surface area contributed by atoms with Crippen LogP contribution in [0, 0.1) is 5.82 Å². The van der Waals surface area contributed by atoms with E-state index >= 15 is 0 Å². The van der Waals surface area contributed by atoms with Gasteiger partial charge in [0.25, 0.3) is 5.91 Å². The van der Waals surface area contributed by atoms with Gasteiger partial charge in [-0.2, -0.15) is 4.31 Å². The third-order valence-corrected chi connectivity index (χ3v) is 8.61. The van der Waals surface area contributed by atoms with Crippen molar-refractivity contribution in [2.24, 2.45) is 0 Å². The topological polar surface area (TPSA) is 105 Å². The normalized spacial score (nSPS) is 23.0. The highest BCUT2D eigenvalue weighted by Crippen LogP contribution is 2.27. The van der Waals surface area contributed by atoms with Crippen LogP contribution in [0.4, 0.5) is 4.39 Å². The molecule has 0 aromatic heterocycles. The lowest BCUT2D eigenvalue weighted by atomic mass is 9.90. The molecule has 8 nitrogen and oxygen atoms in total. The quantitative estimate of drug-likeness (QED) is 0.605. The summed E-state index contributed by atoms with van der Waals surface area (Å²) in [6.07, 6.45) is 3.85. The molecule has 1 saturated heterocycles. The number of carbonyl (C=O) groups excluding carboxylic acids is 2. The van der Waals surface area contributed by atoms with E-state index in [1.54, 1.807) is 31.4 Å². The van der Waals surface area contributed by atoms with Gasteiger partial charge in [0.15, 0.2) is 0 Å². The first-order valence-electron chi connectivity index (χ1n) is 11.8. The van der Waals surface area contributed by atoms with E-state index in [4.69, 9.17) is 4.74 Å². The zero-order chi connectivity index (χ0) is 25.0. The lowest BCUT2D eigenvalue weighted by Crippen LogP contribution is -2.50. The van der Waals surface area contributed by atoms with Crippen LogP contribution in [0.2, 0.25) is 0 Å². The maximum atomic E-state index is 13.2. The van der Waals surface area contributed by atoms with E-state index in [2.05, 4.69) is 10.6 Å². The molecule has 4 rings (SSSR count). The maximum Gasteiger partial charge on any atom is 0.251 e. The average Bonchev–Trinajstić information content (AvgIpc) is 3.37. The Kier molecular flexibility index (Phi) is 7.71. The fraction of sp³-hybridized carbons (Fsp3) is 0.440. The third-order valence-electron chi connectivity index (χ3n) is 6.69. The van der Waals surface area contributed by atoms with Crippen molar-refractivity contribution in [3.8, 4) is 5.75 Å². The maximum absolute atomic E-state index is 13.2. The zero-order valence-corrected chi connectivity index (χ0v) is 20.4. The van der Waals surface area contributed by atoms with Gasteiger partial charge in [-0.1, -0.05) is 0 Å². The summed E-state index contributed by atoms with van der Waals surface area (Å²) in [5.74, 6) is -0.286. The molecule has 2 aromatic carbocycles. The fourth-order valence-electron chi connectivity index (χ4n) is 4.72. The van der Waals surface area contributed by atoms with Gasteiger partial charge in [0.1, 0.15) is 17.6 Å². The Morgan fingerprint density at radius 1 is 0.914 bits per heavy atom. The first kappa shape index (κ1) is 25.1. The van der Waals surface area contributed by atoms with Gasteiger partial charge in [0, 0.05) is 24.2 Å². The molecule has 2 aromatic rings. The number of hydrogen-bond acceptors (Lipinski definition) is 5. The Hall–Kier alpha value is -2.98.